The number of rotatable bonds is 1. The van der Waals surface area contributed by atoms with Crippen molar-refractivity contribution >= 4 is 5.91 Å². The minimum Gasteiger partial charge on any atom is -0.338 e. The number of likely N-dealkylation sites (tertiary alicyclic amines) is 1. The molecule has 3 rings (SSSR count). The fraction of sp³-hybridized carbons (Fsp3) is 0.938. The van der Waals surface area contributed by atoms with E-state index in [1.54, 1.807) is 0 Å². The number of piperidine rings is 1. The van der Waals surface area contributed by atoms with E-state index < -0.39 is 0 Å². The molecule has 19 heavy (non-hydrogen) atoms. The van der Waals surface area contributed by atoms with Crippen molar-refractivity contribution in [1.82, 2.24) is 10.2 Å². The van der Waals surface area contributed by atoms with Crippen LogP contribution in [0.5, 0.6) is 0 Å². The lowest BCUT2D eigenvalue weighted by molar-refractivity contribution is -0.135. The standard InChI is InChI=1S/C16H28N2O/c1-15(2)8-12-9-16(3,10-15)11-18(12)14(19)13-6-4-5-7-17-13/h12-13,17H,4-11H2,1-3H3/t12?,13-,16?/m0/s1. The summed E-state index contributed by atoms with van der Waals surface area (Å²) in [5, 5.41) is 3.42. The number of hydrogen-bond acceptors (Lipinski definition) is 2. The van der Waals surface area contributed by atoms with Crippen LogP contribution in [-0.2, 0) is 4.79 Å². The highest BCUT2D eigenvalue weighted by molar-refractivity contribution is 5.82. The molecule has 1 N–H and O–H groups in total. The molecule has 2 heterocycles. The van der Waals surface area contributed by atoms with Gasteiger partial charge in [0.05, 0.1) is 6.04 Å². The van der Waals surface area contributed by atoms with Crippen LogP contribution < -0.4 is 5.32 Å². The monoisotopic (exact) mass is 264 g/mol. The van der Waals surface area contributed by atoms with Crippen LogP contribution in [0.4, 0.5) is 0 Å². The van der Waals surface area contributed by atoms with Crippen molar-refractivity contribution in [2.45, 2.75) is 71.4 Å². The zero-order valence-corrected chi connectivity index (χ0v) is 12.7. The topological polar surface area (TPSA) is 32.3 Å². The third-order valence-electron chi connectivity index (χ3n) is 5.31. The zero-order chi connectivity index (χ0) is 13.7. The van der Waals surface area contributed by atoms with Gasteiger partial charge in [0.1, 0.15) is 0 Å². The highest BCUT2D eigenvalue weighted by Crippen LogP contribution is 2.52. The second-order valence-electron chi connectivity index (χ2n) is 8.18. The van der Waals surface area contributed by atoms with E-state index in [1.807, 2.05) is 0 Å². The summed E-state index contributed by atoms with van der Waals surface area (Å²) in [6, 6.07) is 0.588. The number of hydrogen-bond donors (Lipinski definition) is 1. The van der Waals surface area contributed by atoms with Gasteiger partial charge in [-0.2, -0.15) is 0 Å². The molecule has 0 aromatic rings. The number of fused-ring (bicyclic) bond motifs is 2. The van der Waals surface area contributed by atoms with Crippen molar-refractivity contribution in [1.29, 1.82) is 0 Å². The van der Waals surface area contributed by atoms with Gasteiger partial charge in [0.2, 0.25) is 5.91 Å². The Morgan fingerprint density at radius 1 is 1.21 bits per heavy atom. The van der Waals surface area contributed by atoms with Gasteiger partial charge in [0.25, 0.3) is 0 Å². The molecule has 3 fully saturated rings. The Labute approximate surface area is 117 Å². The molecular weight excluding hydrogens is 236 g/mol. The van der Waals surface area contributed by atoms with Crippen LogP contribution >= 0.6 is 0 Å². The van der Waals surface area contributed by atoms with Crippen LogP contribution in [0.25, 0.3) is 0 Å². The maximum absolute atomic E-state index is 12.8. The van der Waals surface area contributed by atoms with E-state index in [0.29, 0.717) is 22.8 Å². The van der Waals surface area contributed by atoms with Gasteiger partial charge in [-0.1, -0.05) is 27.2 Å². The fourth-order valence-electron chi connectivity index (χ4n) is 4.98. The first kappa shape index (κ1) is 13.4. The summed E-state index contributed by atoms with van der Waals surface area (Å²) < 4.78 is 0. The first-order valence-electron chi connectivity index (χ1n) is 7.93. The lowest BCUT2D eigenvalue weighted by Crippen LogP contribution is -2.50. The van der Waals surface area contributed by atoms with E-state index in [9.17, 15) is 4.79 Å². The van der Waals surface area contributed by atoms with Gasteiger partial charge in [-0.3, -0.25) is 4.79 Å². The summed E-state index contributed by atoms with van der Waals surface area (Å²) in [4.78, 5) is 15.0. The van der Waals surface area contributed by atoms with Gasteiger partial charge in [-0.25, -0.2) is 0 Å². The highest BCUT2D eigenvalue weighted by atomic mass is 16.2. The molecule has 108 valence electrons. The summed E-state index contributed by atoms with van der Waals surface area (Å²) in [5.74, 6) is 0.381. The Balaban J connectivity index is 1.74. The molecule has 0 aromatic heterocycles. The summed E-state index contributed by atoms with van der Waals surface area (Å²) in [6.45, 7) is 9.10. The predicted octanol–water partition coefficient (Wildman–Crippen LogP) is 2.56. The SMILES string of the molecule is CC1(C)CC2CC(C)(CN2C(=O)[C@@H]2CCCCN2)C1. The van der Waals surface area contributed by atoms with Crippen molar-refractivity contribution in [2.75, 3.05) is 13.1 Å². The van der Waals surface area contributed by atoms with Crippen LogP contribution in [0.1, 0.15) is 59.3 Å². The summed E-state index contributed by atoms with van der Waals surface area (Å²) in [5.41, 5.74) is 0.753. The minimum atomic E-state index is 0.0970. The van der Waals surface area contributed by atoms with E-state index >= 15 is 0 Å². The summed E-state index contributed by atoms with van der Waals surface area (Å²) >= 11 is 0. The molecule has 3 heteroatoms. The first-order chi connectivity index (χ1) is 8.89. The first-order valence-corrected chi connectivity index (χ1v) is 7.93. The number of nitrogens with one attached hydrogen (secondary N) is 1. The molecule has 1 saturated carbocycles. The average Bonchev–Trinajstić information content (AvgIpc) is 2.59. The smallest absolute Gasteiger partial charge is 0.239 e. The molecule has 2 bridgehead atoms. The van der Waals surface area contributed by atoms with Crippen molar-refractivity contribution in [3.63, 3.8) is 0 Å². The second kappa shape index (κ2) is 4.47. The van der Waals surface area contributed by atoms with Crippen LogP contribution in [-0.4, -0.2) is 36.0 Å². The molecule has 3 atom stereocenters. The van der Waals surface area contributed by atoms with Crippen LogP contribution in [0.15, 0.2) is 0 Å². The Morgan fingerprint density at radius 2 is 2.00 bits per heavy atom. The van der Waals surface area contributed by atoms with Crippen LogP contribution in [0, 0.1) is 10.8 Å². The molecule has 1 amide bonds. The molecule has 0 aromatic carbocycles. The molecule has 1 aliphatic carbocycles. The zero-order valence-electron chi connectivity index (χ0n) is 12.7. The number of amides is 1. The molecular formula is C16H28N2O. The van der Waals surface area contributed by atoms with E-state index in [2.05, 4.69) is 31.0 Å². The summed E-state index contributed by atoms with van der Waals surface area (Å²) in [6.07, 6.45) is 7.11. The molecule has 3 nitrogen and oxygen atoms in total. The highest BCUT2D eigenvalue weighted by Gasteiger charge is 2.51. The van der Waals surface area contributed by atoms with Crippen LogP contribution in [0.2, 0.25) is 0 Å². The predicted molar refractivity (Wildman–Crippen MR) is 76.9 cm³/mol. The fourth-order valence-corrected chi connectivity index (χ4v) is 4.98. The Kier molecular flexibility index (Phi) is 3.16. The van der Waals surface area contributed by atoms with Crippen molar-refractivity contribution in [2.24, 2.45) is 10.8 Å². The number of carbonyl (C=O) groups excluding carboxylic acids is 1. The molecule has 2 saturated heterocycles. The molecule has 3 aliphatic rings. The number of nitrogens with zero attached hydrogens (tertiary/aromatic N) is 1. The number of carbonyl (C=O) groups is 1. The van der Waals surface area contributed by atoms with Gasteiger partial charge in [0.15, 0.2) is 0 Å². The Morgan fingerprint density at radius 3 is 2.68 bits per heavy atom. The quantitative estimate of drug-likeness (QED) is 0.789. The van der Waals surface area contributed by atoms with E-state index in [0.717, 1.165) is 19.5 Å². The Hall–Kier alpha value is -0.570. The third-order valence-corrected chi connectivity index (χ3v) is 5.31. The lowest BCUT2D eigenvalue weighted by atomic mass is 9.65. The maximum Gasteiger partial charge on any atom is 0.239 e. The van der Waals surface area contributed by atoms with E-state index in [4.69, 9.17) is 0 Å². The molecule has 2 unspecified atom stereocenters. The average molecular weight is 264 g/mol. The van der Waals surface area contributed by atoms with Crippen molar-refractivity contribution in [3.8, 4) is 0 Å². The van der Waals surface area contributed by atoms with E-state index in [1.165, 1.54) is 32.1 Å². The van der Waals surface area contributed by atoms with Crippen molar-refractivity contribution < 1.29 is 4.79 Å². The van der Waals surface area contributed by atoms with Gasteiger partial charge in [-0.05, 0) is 49.5 Å². The normalized spacial score (nSPS) is 41.3. The van der Waals surface area contributed by atoms with Gasteiger partial charge < -0.3 is 10.2 Å². The lowest BCUT2D eigenvalue weighted by Gasteiger charge is -2.39. The summed E-state index contributed by atoms with van der Waals surface area (Å²) in [7, 11) is 0. The molecule has 0 radical (unpaired) electrons. The van der Waals surface area contributed by atoms with E-state index in [-0.39, 0.29) is 6.04 Å². The van der Waals surface area contributed by atoms with Gasteiger partial charge >= 0.3 is 0 Å². The Bertz CT molecular complexity index is 373. The van der Waals surface area contributed by atoms with Gasteiger partial charge in [-0.15, -0.1) is 0 Å². The maximum atomic E-state index is 12.8. The largest absolute Gasteiger partial charge is 0.338 e. The minimum absolute atomic E-state index is 0.0970. The third kappa shape index (κ3) is 2.54. The van der Waals surface area contributed by atoms with Gasteiger partial charge in [0, 0.05) is 12.6 Å². The van der Waals surface area contributed by atoms with Crippen LogP contribution in [0.3, 0.4) is 0 Å². The second-order valence-corrected chi connectivity index (χ2v) is 8.18. The van der Waals surface area contributed by atoms with Crippen molar-refractivity contribution in [3.05, 3.63) is 0 Å². The molecule has 0 spiro atoms. The molecule has 2 aliphatic heterocycles.